The van der Waals surface area contributed by atoms with E-state index in [1.807, 2.05) is 30.3 Å². The van der Waals surface area contributed by atoms with Crippen LogP contribution in [0, 0.1) is 0 Å². The summed E-state index contributed by atoms with van der Waals surface area (Å²) < 4.78 is 24.3. The Morgan fingerprint density at radius 1 is 1.04 bits per heavy atom. The summed E-state index contributed by atoms with van der Waals surface area (Å²) >= 11 is 7.48. The summed E-state index contributed by atoms with van der Waals surface area (Å²) in [5.74, 6) is 0.439. The summed E-state index contributed by atoms with van der Waals surface area (Å²) in [5.41, 5.74) is 0. The van der Waals surface area contributed by atoms with E-state index in [-0.39, 0.29) is 23.0 Å². The monoisotopic (exact) mass is 397 g/mol. The Kier molecular flexibility index (Phi) is 7.81. The van der Waals surface area contributed by atoms with Gasteiger partial charge in [0.15, 0.2) is 9.84 Å². The number of sulfone groups is 1. The highest BCUT2D eigenvalue weighted by atomic mass is 35.5. The van der Waals surface area contributed by atoms with Gasteiger partial charge in [0.05, 0.1) is 10.6 Å². The van der Waals surface area contributed by atoms with Gasteiger partial charge in [0.25, 0.3) is 0 Å². The molecule has 0 atom stereocenters. The molecule has 0 spiro atoms. The minimum Gasteiger partial charge on any atom is -0.356 e. The van der Waals surface area contributed by atoms with Crippen molar-refractivity contribution in [3.63, 3.8) is 0 Å². The quantitative estimate of drug-likeness (QED) is 0.516. The van der Waals surface area contributed by atoms with Gasteiger partial charge >= 0.3 is 0 Å². The third kappa shape index (κ3) is 7.10. The van der Waals surface area contributed by atoms with Crippen molar-refractivity contribution in [2.75, 3.05) is 18.1 Å². The summed E-state index contributed by atoms with van der Waals surface area (Å²) in [6.45, 7) is 0.541. The fraction of sp³-hybridized carbons (Fsp3) is 0.278. The number of benzene rings is 2. The van der Waals surface area contributed by atoms with E-state index in [9.17, 15) is 13.2 Å². The number of thioether (sulfide) groups is 1. The first-order valence-corrected chi connectivity index (χ1v) is 10.9. The fourth-order valence-electron chi connectivity index (χ4n) is 2.08. The number of amides is 1. The van der Waals surface area contributed by atoms with Crippen LogP contribution in [-0.4, -0.2) is 32.4 Å². The van der Waals surface area contributed by atoms with E-state index in [1.54, 1.807) is 11.8 Å². The molecule has 0 fully saturated rings. The molecule has 0 radical (unpaired) electrons. The van der Waals surface area contributed by atoms with Crippen LogP contribution >= 0.6 is 23.4 Å². The molecule has 1 N–H and O–H groups in total. The standard InChI is InChI=1S/C18H20ClNO3S2/c19-15-7-9-17(10-8-15)25(22,23)14-11-18(21)20-12-4-13-24-16-5-2-1-3-6-16/h1-3,5-10H,4,11-14H2,(H,20,21). The smallest absolute Gasteiger partial charge is 0.221 e. The van der Waals surface area contributed by atoms with Gasteiger partial charge in [0, 0.05) is 22.9 Å². The van der Waals surface area contributed by atoms with Crippen molar-refractivity contribution in [1.29, 1.82) is 0 Å². The van der Waals surface area contributed by atoms with Gasteiger partial charge in [0.1, 0.15) is 0 Å². The summed E-state index contributed by atoms with van der Waals surface area (Å²) in [6, 6.07) is 16.0. The molecule has 0 aromatic heterocycles. The Hall–Kier alpha value is -1.50. The van der Waals surface area contributed by atoms with Crippen LogP contribution in [0.2, 0.25) is 5.02 Å². The Labute approximate surface area is 157 Å². The molecule has 1 amide bonds. The molecule has 0 bridgehead atoms. The molecule has 7 heteroatoms. The normalized spacial score (nSPS) is 11.2. The number of carbonyl (C=O) groups excluding carboxylic acids is 1. The number of carbonyl (C=O) groups is 1. The zero-order valence-electron chi connectivity index (χ0n) is 13.7. The Morgan fingerprint density at radius 3 is 2.40 bits per heavy atom. The van der Waals surface area contributed by atoms with Gasteiger partial charge in [-0.15, -0.1) is 11.8 Å². The van der Waals surface area contributed by atoms with Gasteiger partial charge in [-0.1, -0.05) is 29.8 Å². The second kappa shape index (κ2) is 9.85. The van der Waals surface area contributed by atoms with Crippen molar-refractivity contribution in [1.82, 2.24) is 5.32 Å². The Bertz CT molecular complexity index is 778. The van der Waals surface area contributed by atoms with Crippen molar-refractivity contribution in [2.45, 2.75) is 22.6 Å². The maximum Gasteiger partial charge on any atom is 0.221 e. The molecular formula is C18H20ClNO3S2. The maximum atomic E-state index is 12.2. The predicted molar refractivity (Wildman–Crippen MR) is 103 cm³/mol. The fourth-order valence-corrected chi connectivity index (χ4v) is 4.32. The van der Waals surface area contributed by atoms with E-state index in [2.05, 4.69) is 5.32 Å². The summed E-state index contributed by atoms with van der Waals surface area (Å²) in [6.07, 6.45) is 0.784. The lowest BCUT2D eigenvalue weighted by Crippen LogP contribution is -2.26. The highest BCUT2D eigenvalue weighted by molar-refractivity contribution is 7.99. The second-order valence-corrected chi connectivity index (χ2v) is 9.10. The molecule has 2 aromatic rings. The Morgan fingerprint density at radius 2 is 1.72 bits per heavy atom. The lowest BCUT2D eigenvalue weighted by molar-refractivity contribution is -0.120. The van der Waals surface area contributed by atoms with Crippen LogP contribution in [0.1, 0.15) is 12.8 Å². The van der Waals surface area contributed by atoms with E-state index >= 15 is 0 Å². The number of rotatable bonds is 9. The van der Waals surface area contributed by atoms with Crippen LogP contribution in [0.4, 0.5) is 0 Å². The van der Waals surface area contributed by atoms with Crippen molar-refractivity contribution in [3.8, 4) is 0 Å². The second-order valence-electron chi connectivity index (χ2n) is 5.39. The van der Waals surface area contributed by atoms with Crippen LogP contribution in [0.3, 0.4) is 0 Å². The highest BCUT2D eigenvalue weighted by Crippen LogP contribution is 2.17. The van der Waals surface area contributed by atoms with Gasteiger partial charge in [-0.3, -0.25) is 4.79 Å². The van der Waals surface area contributed by atoms with Gasteiger partial charge in [0.2, 0.25) is 5.91 Å². The molecule has 25 heavy (non-hydrogen) atoms. The molecule has 0 aliphatic heterocycles. The maximum absolute atomic E-state index is 12.2. The van der Waals surface area contributed by atoms with E-state index in [1.165, 1.54) is 29.2 Å². The minimum atomic E-state index is -3.47. The van der Waals surface area contributed by atoms with E-state index in [4.69, 9.17) is 11.6 Å². The van der Waals surface area contributed by atoms with Crippen LogP contribution in [0.25, 0.3) is 0 Å². The lowest BCUT2D eigenvalue weighted by Gasteiger charge is -2.07. The van der Waals surface area contributed by atoms with Crippen molar-refractivity contribution >= 4 is 39.1 Å². The average Bonchev–Trinajstić information content (AvgIpc) is 2.61. The number of halogens is 1. The topological polar surface area (TPSA) is 63.2 Å². The van der Waals surface area contributed by atoms with Crippen molar-refractivity contribution in [2.24, 2.45) is 0 Å². The molecule has 2 rings (SSSR count). The number of hydrogen-bond acceptors (Lipinski definition) is 4. The molecule has 134 valence electrons. The Balaban J connectivity index is 1.65. The number of nitrogens with one attached hydrogen (secondary N) is 1. The van der Waals surface area contributed by atoms with Crippen molar-refractivity contribution in [3.05, 3.63) is 59.6 Å². The van der Waals surface area contributed by atoms with Gasteiger partial charge in [-0.2, -0.15) is 0 Å². The summed E-state index contributed by atoms with van der Waals surface area (Å²) in [4.78, 5) is 13.2. The van der Waals surface area contributed by atoms with E-state index in [0.29, 0.717) is 11.6 Å². The average molecular weight is 398 g/mol. The van der Waals surface area contributed by atoms with Crippen LogP contribution in [0.15, 0.2) is 64.4 Å². The van der Waals surface area contributed by atoms with Gasteiger partial charge in [-0.25, -0.2) is 8.42 Å². The molecule has 4 nitrogen and oxygen atoms in total. The molecule has 0 aliphatic carbocycles. The summed E-state index contributed by atoms with van der Waals surface area (Å²) in [5, 5.41) is 3.24. The van der Waals surface area contributed by atoms with Crippen molar-refractivity contribution < 1.29 is 13.2 Å². The van der Waals surface area contributed by atoms with Crippen LogP contribution in [-0.2, 0) is 14.6 Å². The minimum absolute atomic E-state index is 0.0449. The third-order valence-electron chi connectivity index (χ3n) is 3.43. The molecule has 0 saturated carbocycles. The zero-order valence-corrected chi connectivity index (χ0v) is 16.0. The van der Waals surface area contributed by atoms with Gasteiger partial charge < -0.3 is 5.32 Å². The zero-order chi connectivity index (χ0) is 18.1. The molecule has 0 heterocycles. The van der Waals surface area contributed by atoms with Crippen LogP contribution in [0.5, 0.6) is 0 Å². The number of hydrogen-bond donors (Lipinski definition) is 1. The molecular weight excluding hydrogens is 378 g/mol. The predicted octanol–water partition coefficient (Wildman–Crippen LogP) is 3.80. The van der Waals surface area contributed by atoms with E-state index < -0.39 is 9.84 Å². The molecule has 0 aliphatic rings. The first-order chi connectivity index (χ1) is 12.0. The first-order valence-electron chi connectivity index (χ1n) is 7.90. The first kappa shape index (κ1) is 19.8. The lowest BCUT2D eigenvalue weighted by atomic mass is 10.4. The van der Waals surface area contributed by atoms with Crippen LogP contribution < -0.4 is 5.32 Å². The van der Waals surface area contributed by atoms with Gasteiger partial charge in [-0.05, 0) is 48.6 Å². The summed E-state index contributed by atoms with van der Waals surface area (Å²) in [7, 11) is -3.47. The third-order valence-corrected chi connectivity index (χ3v) is 6.51. The molecule has 0 unspecified atom stereocenters. The SMILES string of the molecule is O=C(CCS(=O)(=O)c1ccc(Cl)cc1)NCCCSc1ccccc1. The highest BCUT2D eigenvalue weighted by Gasteiger charge is 2.16. The van der Waals surface area contributed by atoms with E-state index in [0.717, 1.165) is 12.2 Å². The molecule has 2 aromatic carbocycles. The molecule has 0 saturated heterocycles. The largest absolute Gasteiger partial charge is 0.356 e.